The predicted molar refractivity (Wildman–Crippen MR) is 332 cm³/mol. The summed E-state index contributed by atoms with van der Waals surface area (Å²) < 4.78 is 34.1. The van der Waals surface area contributed by atoms with Gasteiger partial charge in [-0.2, -0.15) is 0 Å². The van der Waals surface area contributed by atoms with E-state index < -0.39 is 32.5 Å². The fourth-order valence-corrected chi connectivity index (χ4v) is 9.16. The first-order chi connectivity index (χ1) is 38.0. The van der Waals surface area contributed by atoms with Crippen molar-refractivity contribution in [1.82, 2.24) is 0 Å². The molecule has 0 radical (unpaired) electrons. The number of hydrogen-bond acceptors (Lipinski definition) is 8. The van der Waals surface area contributed by atoms with E-state index in [0.717, 1.165) is 109 Å². The second-order valence-electron chi connectivity index (χ2n) is 22.0. The molecule has 9 nitrogen and oxygen atoms in total. The predicted octanol–water partition coefficient (Wildman–Crippen LogP) is 19.5. The molecule has 2 unspecified atom stereocenters. The van der Waals surface area contributed by atoms with Gasteiger partial charge in [0.15, 0.2) is 6.10 Å². The molecule has 0 saturated heterocycles. The maximum Gasteiger partial charge on any atom is 0.306 e. The molecule has 0 aliphatic rings. The molecule has 0 spiro atoms. The highest BCUT2D eigenvalue weighted by Crippen LogP contribution is 2.38. The van der Waals surface area contributed by atoms with E-state index in [1.807, 2.05) is 21.1 Å². The van der Waals surface area contributed by atoms with E-state index in [9.17, 15) is 19.0 Å². The standard InChI is InChI=1S/C68H118NO8P/c1-6-8-10-12-14-16-18-20-21-22-23-24-25-26-27-28-29-30-31-32-33-34-35-36-37-38-39-40-41-42-43-44-45-46-47-49-51-53-55-57-59-61-68(71)77-66(65-76-78(72,73)75-63-62-69(3,4)5)64-74-67(70)60-58-56-54-52-50-48-19-17-15-13-11-9-7-2/h8,10,14,16-17,19-21,23-24,26-27,29-30,32-33,35-36,66H,6-7,9,11-13,15,18,22,25,28,31,34,37-65H2,1-5H3/b10-8-,16-14-,19-17-,21-20-,24-23-,27-26-,30-29-,33-32-,36-35-. The number of likely N-dealkylation sites (N-methyl/N-ethyl adjacent to an activating group) is 1. The lowest BCUT2D eigenvalue weighted by molar-refractivity contribution is -0.870. The summed E-state index contributed by atoms with van der Waals surface area (Å²) in [7, 11) is 1.16. The Morgan fingerprint density at radius 3 is 1.10 bits per heavy atom. The van der Waals surface area contributed by atoms with Gasteiger partial charge in [0.2, 0.25) is 0 Å². The van der Waals surface area contributed by atoms with Crippen LogP contribution in [0.3, 0.4) is 0 Å². The van der Waals surface area contributed by atoms with Gasteiger partial charge in [-0.15, -0.1) is 0 Å². The van der Waals surface area contributed by atoms with Gasteiger partial charge < -0.3 is 27.9 Å². The van der Waals surface area contributed by atoms with Crippen LogP contribution in [-0.4, -0.2) is 70.0 Å². The Balaban J connectivity index is 3.97. The lowest BCUT2D eigenvalue weighted by Gasteiger charge is -2.28. The van der Waals surface area contributed by atoms with Gasteiger partial charge >= 0.3 is 11.9 Å². The van der Waals surface area contributed by atoms with E-state index in [2.05, 4.69) is 123 Å². The number of carbonyl (C=O) groups is 2. The first-order valence-corrected chi connectivity index (χ1v) is 33.1. The number of quaternary nitrogens is 1. The summed E-state index contributed by atoms with van der Waals surface area (Å²) in [6, 6.07) is 0. The van der Waals surface area contributed by atoms with Gasteiger partial charge in [-0.05, 0) is 103 Å². The molecule has 2 atom stereocenters. The number of phosphoric acid groups is 1. The lowest BCUT2D eigenvalue weighted by atomic mass is 10.0. The van der Waals surface area contributed by atoms with Crippen LogP contribution in [0, 0.1) is 0 Å². The van der Waals surface area contributed by atoms with Crippen LogP contribution in [-0.2, 0) is 32.7 Å². The van der Waals surface area contributed by atoms with Gasteiger partial charge in [0.1, 0.15) is 19.8 Å². The average Bonchev–Trinajstić information content (AvgIpc) is 3.40. The molecule has 0 fully saturated rings. The van der Waals surface area contributed by atoms with Crippen LogP contribution in [0.4, 0.5) is 0 Å². The minimum absolute atomic E-state index is 0.0346. The molecule has 0 aromatic rings. The van der Waals surface area contributed by atoms with Crippen molar-refractivity contribution in [2.45, 2.75) is 264 Å². The zero-order valence-electron chi connectivity index (χ0n) is 50.8. The van der Waals surface area contributed by atoms with E-state index >= 15 is 0 Å². The van der Waals surface area contributed by atoms with Crippen molar-refractivity contribution in [3.05, 3.63) is 109 Å². The molecule has 0 bridgehead atoms. The van der Waals surface area contributed by atoms with Crippen LogP contribution >= 0.6 is 7.82 Å². The quantitative estimate of drug-likeness (QED) is 0.0195. The molecule has 78 heavy (non-hydrogen) atoms. The molecule has 0 aliphatic carbocycles. The summed E-state index contributed by atoms with van der Waals surface area (Å²) in [5.41, 5.74) is 0. The fraction of sp³-hybridized carbons (Fsp3) is 0.706. The number of carbonyl (C=O) groups excluding carboxylic acids is 2. The first-order valence-electron chi connectivity index (χ1n) is 31.6. The number of phosphoric ester groups is 1. The summed E-state index contributed by atoms with van der Waals surface area (Å²) in [4.78, 5) is 37.8. The summed E-state index contributed by atoms with van der Waals surface area (Å²) in [5.74, 6) is -0.842. The number of ether oxygens (including phenoxy) is 2. The Morgan fingerprint density at radius 2 is 0.731 bits per heavy atom. The molecule has 10 heteroatoms. The Morgan fingerprint density at radius 1 is 0.410 bits per heavy atom. The van der Waals surface area contributed by atoms with Gasteiger partial charge in [-0.1, -0.05) is 252 Å². The minimum Gasteiger partial charge on any atom is -0.756 e. The molecule has 448 valence electrons. The van der Waals surface area contributed by atoms with Gasteiger partial charge in [-0.3, -0.25) is 14.2 Å². The van der Waals surface area contributed by atoms with E-state index in [1.165, 1.54) is 116 Å². The van der Waals surface area contributed by atoms with Crippen LogP contribution in [0.2, 0.25) is 0 Å². The molecule has 0 aromatic carbocycles. The van der Waals surface area contributed by atoms with Gasteiger partial charge in [0, 0.05) is 12.8 Å². The zero-order valence-corrected chi connectivity index (χ0v) is 51.7. The van der Waals surface area contributed by atoms with Crippen molar-refractivity contribution in [2.75, 3.05) is 47.5 Å². The Hall–Kier alpha value is -3.33. The van der Waals surface area contributed by atoms with E-state index in [4.69, 9.17) is 18.5 Å². The fourth-order valence-electron chi connectivity index (χ4n) is 8.43. The van der Waals surface area contributed by atoms with Crippen molar-refractivity contribution in [3.63, 3.8) is 0 Å². The van der Waals surface area contributed by atoms with Crippen LogP contribution in [0.25, 0.3) is 0 Å². The van der Waals surface area contributed by atoms with Crippen molar-refractivity contribution in [3.8, 4) is 0 Å². The van der Waals surface area contributed by atoms with Gasteiger partial charge in [0.05, 0.1) is 27.7 Å². The number of rotatable bonds is 57. The molecule has 0 aliphatic heterocycles. The third kappa shape index (κ3) is 61.9. The highest BCUT2D eigenvalue weighted by atomic mass is 31.2. The molecule has 0 N–H and O–H groups in total. The summed E-state index contributed by atoms with van der Waals surface area (Å²) in [5, 5.41) is 0. The first kappa shape index (κ1) is 74.7. The highest BCUT2D eigenvalue weighted by Gasteiger charge is 2.22. The monoisotopic (exact) mass is 1110 g/mol. The molecule has 0 heterocycles. The van der Waals surface area contributed by atoms with Gasteiger partial charge in [0.25, 0.3) is 7.82 Å². The number of unbranched alkanes of at least 4 members (excludes halogenated alkanes) is 25. The summed E-state index contributed by atoms with van der Waals surface area (Å²) >= 11 is 0. The Bertz CT molecular complexity index is 1680. The Labute approximate surface area is 480 Å². The third-order valence-electron chi connectivity index (χ3n) is 13.3. The van der Waals surface area contributed by atoms with Crippen molar-refractivity contribution >= 4 is 19.8 Å². The molecular weight excluding hydrogens is 990 g/mol. The smallest absolute Gasteiger partial charge is 0.306 e. The van der Waals surface area contributed by atoms with E-state index in [1.54, 1.807) is 0 Å². The molecule has 0 rings (SSSR count). The van der Waals surface area contributed by atoms with E-state index in [0.29, 0.717) is 17.4 Å². The maximum atomic E-state index is 12.8. The average molecular weight is 1110 g/mol. The summed E-state index contributed by atoms with van der Waals surface area (Å²) in [6.45, 7) is 4.10. The SMILES string of the molecule is CC/C=C\C/C=C\C/C=C\C/C=C\C/C=C\C/C=C\C/C=C\C/C=C\CCCCCCCCCCCCCCCCCCC(=O)OC(COC(=O)CCCCCCC/C=C\CCCCCC)COP(=O)([O-])OCC[N+](C)(C)C. The number of allylic oxidation sites excluding steroid dienone is 18. The lowest BCUT2D eigenvalue weighted by Crippen LogP contribution is -2.37. The molecule has 0 amide bonds. The third-order valence-corrected chi connectivity index (χ3v) is 14.2. The van der Waals surface area contributed by atoms with Crippen molar-refractivity contribution in [2.24, 2.45) is 0 Å². The second-order valence-corrected chi connectivity index (χ2v) is 23.4. The largest absolute Gasteiger partial charge is 0.756 e. The van der Waals surface area contributed by atoms with Crippen LogP contribution in [0.5, 0.6) is 0 Å². The van der Waals surface area contributed by atoms with E-state index in [-0.39, 0.29) is 26.1 Å². The van der Waals surface area contributed by atoms with Crippen LogP contribution in [0.15, 0.2) is 109 Å². The minimum atomic E-state index is -4.64. The zero-order chi connectivity index (χ0) is 57.0. The molecule has 0 saturated carbocycles. The maximum absolute atomic E-state index is 12.8. The molecular formula is C68H118NO8P. The topological polar surface area (TPSA) is 111 Å². The Kier molecular flexibility index (Phi) is 55.8. The van der Waals surface area contributed by atoms with Crippen molar-refractivity contribution in [1.29, 1.82) is 0 Å². The second kappa shape index (κ2) is 58.3. The van der Waals surface area contributed by atoms with Crippen molar-refractivity contribution < 1.29 is 42.1 Å². The van der Waals surface area contributed by atoms with Crippen LogP contribution in [0.1, 0.15) is 258 Å². The normalized spacial score (nSPS) is 14.0. The summed E-state index contributed by atoms with van der Waals surface area (Å²) in [6.07, 6.45) is 81.6. The number of nitrogens with zero attached hydrogens (tertiary/aromatic N) is 1. The van der Waals surface area contributed by atoms with Gasteiger partial charge in [-0.25, -0.2) is 0 Å². The highest BCUT2D eigenvalue weighted by molar-refractivity contribution is 7.45. The molecule has 0 aromatic heterocycles. The number of hydrogen-bond donors (Lipinski definition) is 0. The van der Waals surface area contributed by atoms with Crippen LogP contribution < -0.4 is 4.89 Å². The number of esters is 2.